The summed E-state index contributed by atoms with van der Waals surface area (Å²) in [5, 5.41) is 7.89. The molecule has 0 bridgehead atoms. The van der Waals surface area contributed by atoms with E-state index in [9.17, 15) is 4.79 Å². The number of nitrogens with one attached hydrogen (secondary N) is 1. The number of carbonyl (C=O) groups is 1. The second kappa shape index (κ2) is 8.74. The van der Waals surface area contributed by atoms with E-state index >= 15 is 0 Å². The highest BCUT2D eigenvalue weighted by Crippen LogP contribution is 2.56. The zero-order valence-corrected chi connectivity index (χ0v) is 17.3. The van der Waals surface area contributed by atoms with Crippen LogP contribution in [0.3, 0.4) is 0 Å². The van der Waals surface area contributed by atoms with Crippen molar-refractivity contribution in [3.05, 3.63) is 57.8 Å². The number of thiophene rings is 1. The predicted octanol–water partition coefficient (Wildman–Crippen LogP) is 4.10. The van der Waals surface area contributed by atoms with Crippen LogP contribution in [0, 0.1) is 5.41 Å². The number of esters is 1. The minimum atomic E-state index is -0.266. The summed E-state index contributed by atoms with van der Waals surface area (Å²) < 4.78 is 4.87. The van der Waals surface area contributed by atoms with E-state index in [-0.39, 0.29) is 18.4 Å². The van der Waals surface area contributed by atoms with Crippen LogP contribution in [0.25, 0.3) is 0 Å². The Hall–Kier alpha value is -1.40. The van der Waals surface area contributed by atoms with Crippen LogP contribution in [0.1, 0.15) is 40.7 Å². The van der Waals surface area contributed by atoms with E-state index in [2.05, 4.69) is 33.1 Å². The molecule has 0 amide bonds. The first-order valence-electron chi connectivity index (χ1n) is 9.33. The fourth-order valence-corrected chi connectivity index (χ4v) is 5.01. The minimum absolute atomic E-state index is 0. The van der Waals surface area contributed by atoms with Gasteiger partial charge in [-0.25, -0.2) is 4.79 Å². The fraction of sp³-hybridized carbons (Fsp3) is 0.476. The van der Waals surface area contributed by atoms with E-state index in [1.54, 1.807) is 11.3 Å². The van der Waals surface area contributed by atoms with Gasteiger partial charge in [-0.3, -0.25) is 4.90 Å². The average Bonchev–Trinajstić information content (AvgIpc) is 3.11. The molecule has 1 saturated heterocycles. The highest BCUT2D eigenvalue weighted by molar-refractivity contribution is 7.07. The first kappa shape index (κ1) is 20.3. The Labute approximate surface area is 171 Å². The first-order chi connectivity index (χ1) is 12.7. The maximum Gasteiger partial charge on any atom is 0.337 e. The number of carbonyl (C=O) groups excluding carboxylic acids is 1. The molecule has 1 aromatic heterocycles. The lowest BCUT2D eigenvalue weighted by Gasteiger charge is -2.29. The van der Waals surface area contributed by atoms with Crippen molar-refractivity contribution in [2.24, 2.45) is 5.41 Å². The van der Waals surface area contributed by atoms with Gasteiger partial charge >= 0.3 is 5.97 Å². The zero-order chi connectivity index (χ0) is 18.0. The van der Waals surface area contributed by atoms with E-state index in [1.165, 1.54) is 37.5 Å². The summed E-state index contributed by atoms with van der Waals surface area (Å²) in [6.45, 7) is 4.13. The van der Waals surface area contributed by atoms with E-state index in [1.807, 2.05) is 18.2 Å². The molecule has 1 unspecified atom stereocenters. The van der Waals surface area contributed by atoms with Crippen LogP contribution >= 0.6 is 23.7 Å². The molecule has 6 heteroatoms. The van der Waals surface area contributed by atoms with Gasteiger partial charge < -0.3 is 10.1 Å². The minimum Gasteiger partial charge on any atom is -0.465 e. The van der Waals surface area contributed by atoms with Crippen molar-refractivity contribution in [1.82, 2.24) is 10.2 Å². The average molecular weight is 407 g/mol. The third kappa shape index (κ3) is 4.54. The number of piperidine rings is 1. The van der Waals surface area contributed by atoms with Crippen molar-refractivity contribution in [2.75, 3.05) is 20.2 Å². The molecule has 1 aromatic carbocycles. The molecule has 1 spiro atoms. The maximum atomic E-state index is 11.9. The third-order valence-corrected chi connectivity index (χ3v) is 6.62. The Bertz CT molecular complexity index is 759. The lowest BCUT2D eigenvalue weighted by atomic mass is 9.93. The molecule has 1 saturated carbocycles. The van der Waals surface area contributed by atoms with Crippen molar-refractivity contribution in [3.63, 3.8) is 0 Å². The van der Waals surface area contributed by atoms with Gasteiger partial charge in [0.2, 0.25) is 0 Å². The summed E-state index contributed by atoms with van der Waals surface area (Å²) in [7, 11) is 1.43. The van der Waals surface area contributed by atoms with Crippen molar-refractivity contribution in [1.29, 1.82) is 0 Å². The predicted molar refractivity (Wildman–Crippen MR) is 112 cm³/mol. The Balaban J connectivity index is 0.00000210. The molecule has 146 valence electrons. The van der Waals surface area contributed by atoms with Crippen LogP contribution in [-0.2, 0) is 17.8 Å². The van der Waals surface area contributed by atoms with E-state index < -0.39 is 0 Å². The van der Waals surface area contributed by atoms with Crippen LogP contribution in [0.5, 0.6) is 0 Å². The second-order valence-corrected chi connectivity index (χ2v) is 8.34. The fourth-order valence-electron chi connectivity index (χ4n) is 4.35. The molecule has 1 N–H and O–H groups in total. The summed E-state index contributed by atoms with van der Waals surface area (Å²) in [6.07, 6.45) is 3.86. The third-order valence-electron chi connectivity index (χ3n) is 5.89. The normalized spacial score (nSPS) is 20.3. The molecular formula is C21H27ClN2O2S. The molecule has 2 fully saturated rings. The summed E-state index contributed by atoms with van der Waals surface area (Å²) in [5.41, 5.74) is 3.70. The van der Waals surface area contributed by atoms with Gasteiger partial charge in [0.05, 0.1) is 12.7 Å². The zero-order valence-electron chi connectivity index (χ0n) is 15.6. The lowest BCUT2D eigenvalue weighted by Crippen LogP contribution is -2.35. The number of hydrogen-bond donors (Lipinski definition) is 1. The summed E-state index contributed by atoms with van der Waals surface area (Å²) in [4.78, 5) is 14.5. The molecule has 2 aromatic rings. The molecule has 1 aliphatic heterocycles. The Morgan fingerprint density at radius 2 is 2.04 bits per heavy atom. The number of methoxy groups -OCH3 is 1. The summed E-state index contributed by atoms with van der Waals surface area (Å²) >= 11 is 1.76. The highest BCUT2D eigenvalue weighted by atomic mass is 35.5. The molecular weight excluding hydrogens is 380 g/mol. The van der Waals surface area contributed by atoms with Gasteiger partial charge in [-0.1, -0.05) is 12.1 Å². The van der Waals surface area contributed by atoms with Gasteiger partial charge in [-0.05, 0) is 77.9 Å². The summed E-state index contributed by atoms with van der Waals surface area (Å²) in [6, 6.07) is 10.7. The number of halogens is 1. The van der Waals surface area contributed by atoms with Crippen molar-refractivity contribution >= 4 is 29.7 Å². The van der Waals surface area contributed by atoms with Crippen LogP contribution in [0.15, 0.2) is 41.1 Å². The monoisotopic (exact) mass is 406 g/mol. The molecule has 4 nitrogen and oxygen atoms in total. The SMILES string of the molecule is COC(=O)c1cccc(CN(Cc2ccsc2)C2CC23CCNCC3)c1.Cl. The summed E-state index contributed by atoms with van der Waals surface area (Å²) in [5.74, 6) is -0.266. The van der Waals surface area contributed by atoms with Gasteiger partial charge in [0, 0.05) is 19.1 Å². The Morgan fingerprint density at radius 3 is 2.74 bits per heavy atom. The Morgan fingerprint density at radius 1 is 1.26 bits per heavy atom. The number of ether oxygens (including phenoxy) is 1. The molecule has 27 heavy (non-hydrogen) atoms. The second-order valence-electron chi connectivity index (χ2n) is 7.56. The quantitative estimate of drug-likeness (QED) is 0.733. The van der Waals surface area contributed by atoms with Gasteiger partial charge in [0.25, 0.3) is 0 Å². The smallest absolute Gasteiger partial charge is 0.337 e. The van der Waals surface area contributed by atoms with Gasteiger partial charge in [0.1, 0.15) is 0 Å². The molecule has 2 heterocycles. The number of hydrogen-bond acceptors (Lipinski definition) is 5. The van der Waals surface area contributed by atoms with E-state index in [4.69, 9.17) is 4.74 Å². The van der Waals surface area contributed by atoms with E-state index in [0.29, 0.717) is 17.0 Å². The van der Waals surface area contributed by atoms with Gasteiger partial charge in [0.15, 0.2) is 0 Å². The molecule has 2 aliphatic rings. The van der Waals surface area contributed by atoms with Crippen molar-refractivity contribution < 1.29 is 9.53 Å². The van der Waals surface area contributed by atoms with Gasteiger partial charge in [-0.15, -0.1) is 12.4 Å². The number of rotatable bonds is 6. The van der Waals surface area contributed by atoms with Crippen LogP contribution in [0.2, 0.25) is 0 Å². The number of benzene rings is 1. The topological polar surface area (TPSA) is 41.6 Å². The Kier molecular flexibility index (Phi) is 6.58. The first-order valence-corrected chi connectivity index (χ1v) is 10.3. The molecule has 1 aliphatic carbocycles. The van der Waals surface area contributed by atoms with Crippen LogP contribution in [-0.4, -0.2) is 37.1 Å². The largest absolute Gasteiger partial charge is 0.465 e. The number of nitrogens with zero attached hydrogens (tertiary/aromatic N) is 1. The van der Waals surface area contributed by atoms with Crippen LogP contribution < -0.4 is 5.32 Å². The van der Waals surface area contributed by atoms with Crippen molar-refractivity contribution in [2.45, 2.75) is 38.4 Å². The molecule has 0 radical (unpaired) electrons. The molecule has 4 rings (SSSR count). The molecule has 1 atom stereocenters. The van der Waals surface area contributed by atoms with Crippen molar-refractivity contribution in [3.8, 4) is 0 Å². The highest BCUT2D eigenvalue weighted by Gasteiger charge is 2.56. The maximum absolute atomic E-state index is 11.9. The lowest BCUT2D eigenvalue weighted by molar-refractivity contribution is 0.0600. The standard InChI is InChI=1S/C21H26N2O2S.ClH/c1-25-20(24)18-4-2-3-16(11-18)13-23(14-17-5-10-26-15-17)19-12-21(19)6-8-22-9-7-21;/h2-5,10-11,15,19,22H,6-9,12-14H2,1H3;1H. The van der Waals surface area contributed by atoms with E-state index in [0.717, 1.165) is 26.2 Å². The van der Waals surface area contributed by atoms with Gasteiger partial charge in [-0.2, -0.15) is 11.3 Å². The van der Waals surface area contributed by atoms with Crippen LogP contribution in [0.4, 0.5) is 0 Å².